The molecule has 0 amide bonds. The summed E-state index contributed by atoms with van der Waals surface area (Å²) in [5.74, 6) is 0.455. The van der Waals surface area contributed by atoms with Crippen LogP contribution in [0.25, 0.3) is 0 Å². The number of nitrogens with zero attached hydrogens (tertiary/aromatic N) is 3. The molecule has 2 saturated heterocycles. The van der Waals surface area contributed by atoms with E-state index in [0.717, 1.165) is 26.0 Å². The van der Waals surface area contributed by atoms with Crippen LogP contribution < -0.4 is 0 Å². The number of benzene rings is 3. The fraction of sp³-hybridized carbons (Fsp3) is 0.379. The predicted octanol–water partition coefficient (Wildman–Crippen LogP) is 5.27. The van der Waals surface area contributed by atoms with Crippen LogP contribution in [-0.4, -0.2) is 47.3 Å². The Kier molecular flexibility index (Phi) is 5.34. The van der Waals surface area contributed by atoms with E-state index in [-0.39, 0.29) is 5.66 Å². The zero-order valence-electron chi connectivity index (χ0n) is 19.5. The maximum atomic E-state index is 6.37. The topological polar surface area (TPSA) is 19.0 Å². The van der Waals surface area contributed by atoms with Crippen molar-refractivity contribution in [1.82, 2.24) is 14.9 Å². The minimum absolute atomic E-state index is 0.0167. The second kappa shape index (κ2) is 8.37. The fourth-order valence-corrected chi connectivity index (χ4v) is 6.98. The quantitative estimate of drug-likeness (QED) is 0.551. The van der Waals surface area contributed by atoms with Crippen LogP contribution >= 0.6 is 0 Å². The van der Waals surface area contributed by atoms with Crippen LogP contribution in [0.4, 0.5) is 0 Å². The summed E-state index contributed by atoms with van der Waals surface area (Å²) in [6, 6.07) is 33.9. The molecule has 0 N–H and O–H groups in total. The van der Waals surface area contributed by atoms with E-state index in [1.807, 2.05) is 0 Å². The molecule has 0 bridgehead atoms. The second-order valence-electron chi connectivity index (χ2n) is 9.88. The summed E-state index contributed by atoms with van der Waals surface area (Å²) >= 11 is 0. The van der Waals surface area contributed by atoms with Gasteiger partial charge < -0.3 is 0 Å². The normalized spacial score (nSPS) is 29.6. The Morgan fingerprint density at radius 3 is 1.82 bits per heavy atom. The molecule has 0 aromatic heterocycles. The average Bonchev–Trinajstić information content (AvgIpc) is 3.51. The molecule has 3 aromatic rings. The van der Waals surface area contributed by atoms with Gasteiger partial charge in [0.25, 0.3) is 0 Å². The summed E-state index contributed by atoms with van der Waals surface area (Å²) in [5, 5.41) is 2.27. The van der Waals surface area contributed by atoms with Crippen molar-refractivity contribution in [3.05, 3.63) is 108 Å². The second-order valence-corrected chi connectivity index (χ2v) is 9.88. The van der Waals surface area contributed by atoms with Crippen LogP contribution in [0, 0.1) is 5.92 Å². The van der Waals surface area contributed by atoms with Crippen molar-refractivity contribution < 1.29 is 4.84 Å². The van der Waals surface area contributed by atoms with Gasteiger partial charge in [-0.1, -0.05) is 91.0 Å². The first kappa shape index (κ1) is 21.1. The van der Waals surface area contributed by atoms with Crippen molar-refractivity contribution in [3.63, 3.8) is 0 Å². The van der Waals surface area contributed by atoms with Crippen LogP contribution in [0.1, 0.15) is 41.6 Å². The summed E-state index contributed by atoms with van der Waals surface area (Å²) in [4.78, 5) is 11.7. The Morgan fingerprint density at radius 1 is 0.758 bits per heavy atom. The molecule has 0 unspecified atom stereocenters. The minimum atomic E-state index is -0.0167. The molecule has 4 heteroatoms. The van der Waals surface area contributed by atoms with Crippen LogP contribution in [-0.2, 0) is 11.4 Å². The highest BCUT2D eigenvalue weighted by Gasteiger charge is 2.65. The molecule has 1 spiro atoms. The Balaban J connectivity index is 1.36. The minimum Gasteiger partial charge on any atom is -0.298 e. The van der Waals surface area contributed by atoms with Gasteiger partial charge in [0.2, 0.25) is 0 Å². The number of hydroxylamine groups is 2. The van der Waals surface area contributed by atoms with Gasteiger partial charge in [-0.25, -0.2) is 0 Å². The first-order chi connectivity index (χ1) is 16.2. The molecule has 33 heavy (non-hydrogen) atoms. The number of hydrogen-bond donors (Lipinski definition) is 0. The van der Waals surface area contributed by atoms with E-state index < -0.39 is 0 Å². The van der Waals surface area contributed by atoms with Crippen LogP contribution in [0.2, 0.25) is 0 Å². The van der Waals surface area contributed by atoms with Crippen LogP contribution in [0.5, 0.6) is 0 Å². The van der Waals surface area contributed by atoms with Gasteiger partial charge in [-0.15, -0.1) is 0 Å². The molecule has 2 heterocycles. The molecule has 3 aliphatic rings. The summed E-state index contributed by atoms with van der Waals surface area (Å²) in [6.45, 7) is 1.64. The highest BCUT2D eigenvalue weighted by atomic mass is 16.7. The van der Waals surface area contributed by atoms with E-state index in [0.29, 0.717) is 24.0 Å². The molecule has 4 atom stereocenters. The lowest BCUT2D eigenvalue weighted by Gasteiger charge is -2.43. The summed E-state index contributed by atoms with van der Waals surface area (Å²) in [6.07, 6.45) is 2.33. The van der Waals surface area contributed by atoms with Crippen molar-refractivity contribution in [2.24, 2.45) is 5.92 Å². The first-order valence-electron chi connectivity index (χ1n) is 12.2. The van der Waals surface area contributed by atoms with Crippen LogP contribution in [0.15, 0.2) is 91.0 Å². The predicted molar refractivity (Wildman–Crippen MR) is 131 cm³/mol. The third-order valence-electron chi connectivity index (χ3n) is 8.47. The monoisotopic (exact) mass is 439 g/mol. The van der Waals surface area contributed by atoms with Gasteiger partial charge in [0.1, 0.15) is 0 Å². The van der Waals surface area contributed by atoms with E-state index in [4.69, 9.17) is 4.84 Å². The molecule has 4 nitrogen and oxygen atoms in total. The van der Waals surface area contributed by atoms with E-state index >= 15 is 0 Å². The third kappa shape index (κ3) is 3.28. The van der Waals surface area contributed by atoms with E-state index in [9.17, 15) is 0 Å². The van der Waals surface area contributed by atoms with Gasteiger partial charge in [-0.05, 0) is 43.6 Å². The molecule has 2 aliphatic heterocycles. The molecular weight excluding hydrogens is 406 g/mol. The van der Waals surface area contributed by atoms with Crippen LogP contribution in [0.3, 0.4) is 0 Å². The van der Waals surface area contributed by atoms with Crippen molar-refractivity contribution in [2.75, 3.05) is 20.7 Å². The van der Waals surface area contributed by atoms with Gasteiger partial charge >= 0.3 is 0 Å². The third-order valence-corrected chi connectivity index (χ3v) is 8.47. The summed E-state index contributed by atoms with van der Waals surface area (Å²) in [5.41, 5.74) is 4.08. The maximum absolute atomic E-state index is 6.37. The highest BCUT2D eigenvalue weighted by molar-refractivity contribution is 5.32. The molecule has 6 rings (SSSR count). The zero-order chi connectivity index (χ0) is 22.4. The smallest absolute Gasteiger partial charge is 0.0812 e. The Bertz CT molecular complexity index is 1020. The maximum Gasteiger partial charge on any atom is 0.0812 e. The van der Waals surface area contributed by atoms with Gasteiger partial charge in [-0.2, -0.15) is 5.06 Å². The summed E-state index contributed by atoms with van der Waals surface area (Å²) in [7, 11) is 4.69. The van der Waals surface area contributed by atoms with Gasteiger partial charge in [0.05, 0.1) is 24.4 Å². The average molecular weight is 440 g/mol. The van der Waals surface area contributed by atoms with Crippen molar-refractivity contribution in [2.45, 2.75) is 43.2 Å². The van der Waals surface area contributed by atoms with Gasteiger partial charge in [0, 0.05) is 18.5 Å². The summed E-state index contributed by atoms with van der Waals surface area (Å²) < 4.78 is 0. The lowest BCUT2D eigenvalue weighted by molar-refractivity contribution is -0.142. The van der Waals surface area contributed by atoms with Gasteiger partial charge in [0.15, 0.2) is 0 Å². The Labute approximate surface area is 197 Å². The van der Waals surface area contributed by atoms with Crippen molar-refractivity contribution in [3.8, 4) is 0 Å². The van der Waals surface area contributed by atoms with E-state index in [1.165, 1.54) is 16.7 Å². The Hall–Kier alpha value is -2.50. The largest absolute Gasteiger partial charge is 0.298 e. The van der Waals surface area contributed by atoms with Crippen molar-refractivity contribution >= 4 is 0 Å². The molecule has 0 radical (unpaired) electrons. The molecule has 1 saturated carbocycles. The fourth-order valence-electron chi connectivity index (χ4n) is 6.98. The lowest BCUT2D eigenvalue weighted by Crippen LogP contribution is -2.55. The van der Waals surface area contributed by atoms with Gasteiger partial charge in [-0.3, -0.25) is 14.6 Å². The molecule has 1 aliphatic carbocycles. The van der Waals surface area contributed by atoms with Crippen molar-refractivity contribution in [1.29, 1.82) is 0 Å². The molecule has 170 valence electrons. The molecular formula is C29H33N3O. The Morgan fingerprint density at radius 2 is 1.27 bits per heavy atom. The number of hydrogen-bond acceptors (Lipinski definition) is 4. The van der Waals surface area contributed by atoms with E-state index in [2.05, 4.69) is 120 Å². The standard InChI is InChI=1S/C29H33N3O/c1-30-27(23-14-8-4-9-15-23)28(24-16-10-5-11-17-24)31(2)29(30)19-18-26-25(29)21-33-32(26)20-22-12-6-3-7-13-22/h3-17,25-28H,18-21H2,1-2H3/t25-,26-,27+,28+/m1/s1. The first-order valence-corrected chi connectivity index (χ1v) is 12.2. The molecule has 3 fully saturated rings. The SMILES string of the molecule is CN1[C@@H](c2ccccc2)[C@H](c2ccccc2)N(C)C12CC[C@@H]1[C@H]2CON1Cc1ccccc1. The lowest BCUT2D eigenvalue weighted by atomic mass is 9.93. The molecule has 3 aromatic carbocycles. The van der Waals surface area contributed by atoms with E-state index in [1.54, 1.807) is 0 Å². The number of rotatable bonds is 4. The number of likely N-dealkylation sites (N-methyl/N-ethyl adjacent to an activating group) is 2. The highest BCUT2D eigenvalue weighted by Crippen LogP contribution is 2.59. The number of fused-ring (bicyclic) bond motifs is 2. The zero-order valence-corrected chi connectivity index (χ0v) is 19.5.